The first kappa shape index (κ1) is 15.0. The molecule has 21 heavy (non-hydrogen) atoms. The van der Waals surface area contributed by atoms with E-state index in [-0.39, 0.29) is 18.6 Å². The second kappa shape index (κ2) is 5.95. The van der Waals surface area contributed by atoms with Crippen LogP contribution < -0.4 is 5.73 Å². The number of carbonyl (C=O) groups is 1. The van der Waals surface area contributed by atoms with Gasteiger partial charge < -0.3 is 5.73 Å². The summed E-state index contributed by atoms with van der Waals surface area (Å²) in [7, 11) is 0. The number of anilines is 1. The summed E-state index contributed by atoms with van der Waals surface area (Å²) in [5, 5.41) is 0. The Bertz CT molecular complexity index is 653. The topological polar surface area (TPSA) is 56.0 Å². The number of nitrogen functional groups attached to an aromatic ring is 1. The van der Waals surface area contributed by atoms with Crippen molar-refractivity contribution < 1.29 is 18.0 Å². The Hall–Kier alpha value is -2.37. The van der Waals surface area contributed by atoms with Crippen molar-refractivity contribution in [2.24, 2.45) is 0 Å². The van der Waals surface area contributed by atoms with Gasteiger partial charge in [-0.3, -0.25) is 9.78 Å². The van der Waals surface area contributed by atoms with Gasteiger partial charge in [0.2, 0.25) is 0 Å². The number of hydrogen-bond donors (Lipinski definition) is 1. The minimum atomic E-state index is -4.41. The molecule has 0 saturated heterocycles. The summed E-state index contributed by atoms with van der Waals surface area (Å²) in [6, 6.07) is 6.34. The van der Waals surface area contributed by atoms with Crippen LogP contribution in [0.5, 0.6) is 0 Å². The van der Waals surface area contributed by atoms with Crippen LogP contribution in [0.3, 0.4) is 0 Å². The standard InChI is InChI=1S/C15H13F3N2O/c16-15(17,18)12-3-1-2-10(6-12)7-13(21)8-11-9-20-5-4-14(11)19/h1-6,9H,7-8H2,(H2,19,20). The summed E-state index contributed by atoms with van der Waals surface area (Å²) in [5.41, 5.74) is 6.30. The SMILES string of the molecule is Nc1ccncc1CC(=O)Cc1cccc(C(F)(F)F)c1. The molecule has 0 amide bonds. The molecule has 0 radical (unpaired) electrons. The Kier molecular flexibility index (Phi) is 4.26. The van der Waals surface area contributed by atoms with Crippen LogP contribution in [0, 0.1) is 0 Å². The average Bonchev–Trinajstić information content (AvgIpc) is 2.41. The van der Waals surface area contributed by atoms with E-state index < -0.39 is 11.7 Å². The highest BCUT2D eigenvalue weighted by Crippen LogP contribution is 2.29. The second-order valence-electron chi connectivity index (χ2n) is 4.66. The monoisotopic (exact) mass is 294 g/mol. The predicted octanol–water partition coefficient (Wildman–Crippen LogP) is 3.04. The number of ketones is 1. The molecule has 2 aromatic rings. The van der Waals surface area contributed by atoms with Gasteiger partial charge in [0.1, 0.15) is 5.78 Å². The number of halogens is 3. The highest BCUT2D eigenvalue weighted by Gasteiger charge is 2.30. The number of nitrogens with zero attached hydrogens (tertiary/aromatic N) is 1. The molecule has 0 bridgehead atoms. The quantitative estimate of drug-likeness (QED) is 0.943. The minimum absolute atomic E-state index is 0.0515. The number of pyridine rings is 1. The van der Waals surface area contributed by atoms with Gasteiger partial charge in [0.05, 0.1) is 5.56 Å². The summed E-state index contributed by atoms with van der Waals surface area (Å²) in [5.74, 6) is -0.214. The molecule has 0 aliphatic heterocycles. The molecule has 1 heterocycles. The van der Waals surface area contributed by atoms with Crippen molar-refractivity contribution in [3.05, 3.63) is 59.4 Å². The molecule has 0 aliphatic carbocycles. The van der Waals surface area contributed by atoms with Gasteiger partial charge in [-0.2, -0.15) is 13.2 Å². The van der Waals surface area contributed by atoms with E-state index in [2.05, 4.69) is 4.98 Å². The van der Waals surface area contributed by atoms with Crippen LogP contribution in [0.2, 0.25) is 0 Å². The maximum Gasteiger partial charge on any atom is 0.416 e. The average molecular weight is 294 g/mol. The van der Waals surface area contributed by atoms with E-state index in [4.69, 9.17) is 5.73 Å². The van der Waals surface area contributed by atoms with E-state index in [1.807, 2.05) is 0 Å². The van der Waals surface area contributed by atoms with Gasteiger partial charge in [-0.1, -0.05) is 18.2 Å². The third-order valence-corrected chi connectivity index (χ3v) is 2.98. The maximum atomic E-state index is 12.6. The molecular formula is C15H13F3N2O. The zero-order chi connectivity index (χ0) is 15.5. The molecule has 6 heteroatoms. The van der Waals surface area contributed by atoms with Crippen LogP contribution in [-0.2, 0) is 23.8 Å². The van der Waals surface area contributed by atoms with Crippen molar-refractivity contribution in [3.8, 4) is 0 Å². The number of aromatic nitrogens is 1. The largest absolute Gasteiger partial charge is 0.416 e. The van der Waals surface area contributed by atoms with Crippen LogP contribution in [-0.4, -0.2) is 10.8 Å². The Morgan fingerprint density at radius 1 is 1.19 bits per heavy atom. The number of nitrogens with two attached hydrogens (primary N) is 1. The summed E-state index contributed by atoms with van der Waals surface area (Å²) in [6.07, 6.45) is -1.43. The second-order valence-corrected chi connectivity index (χ2v) is 4.66. The smallest absolute Gasteiger partial charge is 0.398 e. The van der Waals surface area contributed by atoms with Crippen LogP contribution in [0.1, 0.15) is 16.7 Å². The van der Waals surface area contributed by atoms with Crippen molar-refractivity contribution >= 4 is 11.5 Å². The summed E-state index contributed by atoms with van der Waals surface area (Å²) in [4.78, 5) is 15.8. The van der Waals surface area contributed by atoms with Crippen molar-refractivity contribution in [2.75, 3.05) is 5.73 Å². The van der Waals surface area contributed by atoms with Crippen LogP contribution in [0.15, 0.2) is 42.7 Å². The van der Waals surface area contributed by atoms with E-state index in [0.29, 0.717) is 16.8 Å². The van der Waals surface area contributed by atoms with Crippen molar-refractivity contribution in [1.82, 2.24) is 4.98 Å². The highest BCUT2D eigenvalue weighted by atomic mass is 19.4. The number of Topliss-reactive ketones (excluding diaryl/α,β-unsaturated/α-hetero) is 1. The molecule has 1 aromatic carbocycles. The number of rotatable bonds is 4. The Morgan fingerprint density at radius 3 is 2.62 bits per heavy atom. The van der Waals surface area contributed by atoms with Gasteiger partial charge in [0, 0.05) is 36.5 Å². The van der Waals surface area contributed by atoms with E-state index in [1.54, 1.807) is 6.07 Å². The number of alkyl halides is 3. The third kappa shape index (κ3) is 4.05. The molecule has 0 aliphatic rings. The maximum absolute atomic E-state index is 12.6. The van der Waals surface area contributed by atoms with Crippen LogP contribution >= 0.6 is 0 Å². The van der Waals surface area contributed by atoms with Gasteiger partial charge in [-0.25, -0.2) is 0 Å². The van der Waals surface area contributed by atoms with Gasteiger partial charge in [-0.05, 0) is 17.7 Å². The first-order chi connectivity index (χ1) is 9.86. The van der Waals surface area contributed by atoms with Crippen LogP contribution in [0.4, 0.5) is 18.9 Å². The molecule has 0 saturated carbocycles. The fourth-order valence-corrected chi connectivity index (χ4v) is 1.95. The molecule has 3 nitrogen and oxygen atoms in total. The summed E-state index contributed by atoms with van der Waals surface area (Å²) >= 11 is 0. The van der Waals surface area contributed by atoms with Crippen molar-refractivity contribution in [3.63, 3.8) is 0 Å². The molecule has 0 spiro atoms. The summed E-state index contributed by atoms with van der Waals surface area (Å²) < 4.78 is 37.8. The van der Waals surface area contributed by atoms with E-state index in [9.17, 15) is 18.0 Å². The Labute approximate surface area is 119 Å². The van der Waals surface area contributed by atoms with Gasteiger partial charge in [0.15, 0.2) is 0 Å². The number of benzene rings is 1. The molecule has 2 rings (SSSR count). The summed E-state index contributed by atoms with van der Waals surface area (Å²) in [6.45, 7) is 0. The fraction of sp³-hybridized carbons (Fsp3) is 0.200. The Balaban J connectivity index is 2.08. The normalized spacial score (nSPS) is 11.4. The molecular weight excluding hydrogens is 281 g/mol. The van der Waals surface area contributed by atoms with Gasteiger partial charge in [0.25, 0.3) is 0 Å². The zero-order valence-electron chi connectivity index (χ0n) is 11.0. The molecule has 0 unspecified atom stereocenters. The predicted molar refractivity (Wildman–Crippen MR) is 72.5 cm³/mol. The minimum Gasteiger partial charge on any atom is -0.398 e. The highest BCUT2D eigenvalue weighted by molar-refractivity contribution is 5.84. The van der Waals surface area contributed by atoms with Crippen molar-refractivity contribution in [1.29, 1.82) is 0 Å². The third-order valence-electron chi connectivity index (χ3n) is 2.98. The lowest BCUT2D eigenvalue weighted by Gasteiger charge is -2.09. The molecule has 0 atom stereocenters. The molecule has 110 valence electrons. The van der Waals surface area contributed by atoms with Crippen molar-refractivity contribution in [2.45, 2.75) is 19.0 Å². The fourth-order valence-electron chi connectivity index (χ4n) is 1.95. The number of carbonyl (C=O) groups excluding carboxylic acids is 1. The lowest BCUT2D eigenvalue weighted by atomic mass is 10.0. The van der Waals surface area contributed by atoms with E-state index >= 15 is 0 Å². The van der Waals surface area contributed by atoms with Gasteiger partial charge in [-0.15, -0.1) is 0 Å². The lowest BCUT2D eigenvalue weighted by Crippen LogP contribution is -2.10. The lowest BCUT2D eigenvalue weighted by molar-refractivity contribution is -0.137. The first-order valence-corrected chi connectivity index (χ1v) is 6.22. The van der Waals surface area contributed by atoms with E-state index in [0.717, 1.165) is 12.1 Å². The number of hydrogen-bond acceptors (Lipinski definition) is 3. The van der Waals surface area contributed by atoms with Gasteiger partial charge >= 0.3 is 6.18 Å². The van der Waals surface area contributed by atoms with Crippen LogP contribution in [0.25, 0.3) is 0 Å². The molecule has 2 N–H and O–H groups in total. The zero-order valence-corrected chi connectivity index (χ0v) is 11.0. The Morgan fingerprint density at radius 2 is 1.95 bits per heavy atom. The van der Waals surface area contributed by atoms with E-state index in [1.165, 1.54) is 24.5 Å². The molecule has 1 aromatic heterocycles. The first-order valence-electron chi connectivity index (χ1n) is 6.22. The molecule has 0 fully saturated rings.